The lowest BCUT2D eigenvalue weighted by atomic mass is 9.66. The third kappa shape index (κ3) is 5.03. The van der Waals surface area contributed by atoms with E-state index in [0.29, 0.717) is 17.5 Å². The predicted molar refractivity (Wildman–Crippen MR) is 225 cm³/mol. The van der Waals surface area contributed by atoms with Gasteiger partial charge in [0.2, 0.25) is 0 Å². The summed E-state index contributed by atoms with van der Waals surface area (Å²) in [6, 6.07) is 60.0. The van der Waals surface area contributed by atoms with Gasteiger partial charge in [-0.05, 0) is 69.6 Å². The molecular formula is C52H35N3O. The first-order chi connectivity index (χ1) is 27.8. The topological polar surface area (TPSA) is 47.9 Å². The molecule has 4 nitrogen and oxygen atoms in total. The molecule has 0 bridgehead atoms. The van der Waals surface area contributed by atoms with Crippen molar-refractivity contribution in [3.05, 3.63) is 222 Å². The van der Waals surface area contributed by atoms with Gasteiger partial charge in [0, 0.05) is 33.7 Å². The van der Waals surface area contributed by atoms with E-state index >= 15 is 0 Å². The van der Waals surface area contributed by atoms with E-state index in [9.17, 15) is 0 Å². The normalized spacial score (nSPS) is 15.4. The highest BCUT2D eigenvalue weighted by molar-refractivity contribution is 5.95. The molecule has 1 spiro atoms. The van der Waals surface area contributed by atoms with Crippen LogP contribution in [0.25, 0.3) is 56.4 Å². The van der Waals surface area contributed by atoms with Crippen LogP contribution in [0.1, 0.15) is 40.2 Å². The lowest BCUT2D eigenvalue weighted by Crippen LogP contribution is -2.32. The number of benzene rings is 7. The van der Waals surface area contributed by atoms with Crippen LogP contribution >= 0.6 is 0 Å². The van der Waals surface area contributed by atoms with Gasteiger partial charge >= 0.3 is 0 Å². The van der Waals surface area contributed by atoms with Gasteiger partial charge in [-0.1, -0.05) is 170 Å². The van der Waals surface area contributed by atoms with Gasteiger partial charge < -0.3 is 4.74 Å². The van der Waals surface area contributed by atoms with E-state index in [1.807, 2.05) is 18.2 Å². The summed E-state index contributed by atoms with van der Waals surface area (Å²) in [5, 5.41) is 0. The van der Waals surface area contributed by atoms with Crippen LogP contribution < -0.4 is 4.74 Å². The summed E-state index contributed by atoms with van der Waals surface area (Å²) in [5.74, 6) is 3.91. The molecule has 2 aliphatic carbocycles. The number of nitrogens with zero attached hydrogens (tertiary/aromatic N) is 3. The lowest BCUT2D eigenvalue weighted by molar-refractivity contribution is 0.436. The maximum Gasteiger partial charge on any atom is 0.164 e. The smallest absolute Gasteiger partial charge is 0.164 e. The Hall–Kier alpha value is -7.17. The molecule has 1 aliphatic heterocycles. The zero-order valence-electron chi connectivity index (χ0n) is 30.5. The van der Waals surface area contributed by atoms with Gasteiger partial charge in [-0.15, -0.1) is 0 Å². The van der Waals surface area contributed by atoms with E-state index < -0.39 is 5.41 Å². The van der Waals surface area contributed by atoms with Crippen LogP contribution in [0.3, 0.4) is 0 Å². The SMILES string of the molecule is C1=CCC(c2cc(-c3ccccc3)cc(-c3nc(-c4ccccc4)nc(-c4cccc5c4-c4ccccc4C54c5ccccc5Oc5ccccc54)n3)c2)C=C1. The molecule has 2 heterocycles. The van der Waals surface area contributed by atoms with Crippen LogP contribution in [0, 0.1) is 0 Å². The first-order valence-electron chi connectivity index (χ1n) is 19.2. The van der Waals surface area contributed by atoms with Gasteiger partial charge in [-0.25, -0.2) is 15.0 Å². The summed E-state index contributed by atoms with van der Waals surface area (Å²) in [6.45, 7) is 0. The van der Waals surface area contributed by atoms with Crippen LogP contribution in [-0.4, -0.2) is 15.0 Å². The first kappa shape index (κ1) is 32.3. The number of ether oxygens (including phenoxy) is 1. The van der Waals surface area contributed by atoms with Crippen molar-refractivity contribution in [2.75, 3.05) is 0 Å². The highest BCUT2D eigenvalue weighted by atomic mass is 16.5. The fraction of sp³-hybridized carbons (Fsp3) is 0.0577. The van der Waals surface area contributed by atoms with Crippen molar-refractivity contribution in [2.24, 2.45) is 0 Å². The van der Waals surface area contributed by atoms with E-state index in [4.69, 9.17) is 19.7 Å². The second-order valence-corrected chi connectivity index (χ2v) is 14.7. The fourth-order valence-electron chi connectivity index (χ4n) is 9.05. The Bertz CT molecular complexity index is 2830. The molecule has 8 aromatic rings. The van der Waals surface area contributed by atoms with Crippen LogP contribution in [0.15, 0.2) is 194 Å². The van der Waals surface area contributed by atoms with Gasteiger partial charge in [0.05, 0.1) is 5.41 Å². The Kier molecular flexibility index (Phi) is 7.49. The molecule has 264 valence electrons. The molecule has 0 saturated carbocycles. The molecule has 0 saturated heterocycles. The minimum Gasteiger partial charge on any atom is -0.457 e. The number of hydrogen-bond donors (Lipinski definition) is 0. The predicted octanol–water partition coefficient (Wildman–Crippen LogP) is 12.6. The molecule has 7 aromatic carbocycles. The second-order valence-electron chi connectivity index (χ2n) is 14.7. The summed E-state index contributed by atoms with van der Waals surface area (Å²) < 4.78 is 6.59. The van der Waals surface area contributed by atoms with Crippen molar-refractivity contribution < 1.29 is 4.74 Å². The molecule has 3 aliphatic rings. The standard InChI is InChI=1S/C52H35N3O/c1-4-17-34(18-5-1)37-31-38(35-19-6-2-7-20-35)33-39(32-37)50-53-49(36-21-8-3-9-22-36)54-51(55-50)41-24-16-28-45-48(41)40-23-10-11-25-42(40)52(45)43-26-12-14-29-46(43)56-47-30-15-13-27-44(47)52/h1-19,21-33,35H,20H2. The third-order valence-electron chi connectivity index (χ3n) is 11.5. The van der Waals surface area contributed by atoms with Crippen molar-refractivity contribution in [1.29, 1.82) is 0 Å². The van der Waals surface area contributed by atoms with Crippen molar-refractivity contribution in [2.45, 2.75) is 17.8 Å². The monoisotopic (exact) mass is 717 g/mol. The minimum absolute atomic E-state index is 0.257. The molecule has 0 amide bonds. The van der Waals surface area contributed by atoms with E-state index in [-0.39, 0.29) is 5.92 Å². The number of fused-ring (bicyclic) bond motifs is 9. The molecular weight excluding hydrogens is 683 g/mol. The minimum atomic E-state index is -0.591. The van der Waals surface area contributed by atoms with Crippen LogP contribution in [-0.2, 0) is 5.41 Å². The third-order valence-corrected chi connectivity index (χ3v) is 11.5. The molecule has 1 unspecified atom stereocenters. The molecule has 1 atom stereocenters. The number of allylic oxidation sites excluding steroid dienone is 4. The zero-order valence-corrected chi connectivity index (χ0v) is 30.5. The molecule has 1 aromatic heterocycles. The maximum absolute atomic E-state index is 6.59. The Morgan fingerprint density at radius 1 is 0.446 bits per heavy atom. The first-order valence-corrected chi connectivity index (χ1v) is 19.2. The van der Waals surface area contributed by atoms with Gasteiger partial charge in [-0.2, -0.15) is 0 Å². The average molecular weight is 718 g/mol. The van der Waals surface area contributed by atoms with Gasteiger partial charge in [0.1, 0.15) is 11.5 Å². The quantitative estimate of drug-likeness (QED) is 0.178. The molecule has 4 heteroatoms. The summed E-state index contributed by atoms with van der Waals surface area (Å²) in [4.78, 5) is 15.9. The van der Waals surface area contributed by atoms with Crippen molar-refractivity contribution in [3.8, 4) is 67.9 Å². The number of aromatic nitrogens is 3. The summed E-state index contributed by atoms with van der Waals surface area (Å²) in [5.41, 5.74) is 12.8. The lowest BCUT2D eigenvalue weighted by Gasteiger charge is -2.39. The highest BCUT2D eigenvalue weighted by Gasteiger charge is 2.51. The number of hydrogen-bond acceptors (Lipinski definition) is 4. The molecule has 0 fully saturated rings. The Labute approximate surface area is 326 Å². The molecule has 11 rings (SSSR count). The summed E-state index contributed by atoms with van der Waals surface area (Å²) in [6.07, 6.45) is 9.74. The van der Waals surface area contributed by atoms with E-state index in [1.54, 1.807) is 0 Å². The van der Waals surface area contributed by atoms with E-state index in [2.05, 4.69) is 176 Å². The molecule has 0 N–H and O–H groups in total. The summed E-state index contributed by atoms with van der Waals surface area (Å²) >= 11 is 0. The van der Waals surface area contributed by atoms with Crippen molar-refractivity contribution >= 4 is 0 Å². The fourth-order valence-corrected chi connectivity index (χ4v) is 9.05. The van der Waals surface area contributed by atoms with Crippen molar-refractivity contribution in [3.63, 3.8) is 0 Å². The van der Waals surface area contributed by atoms with Crippen LogP contribution in [0.2, 0.25) is 0 Å². The van der Waals surface area contributed by atoms with Crippen molar-refractivity contribution in [1.82, 2.24) is 15.0 Å². The van der Waals surface area contributed by atoms with Crippen LogP contribution in [0.4, 0.5) is 0 Å². The Balaban J connectivity index is 1.18. The largest absolute Gasteiger partial charge is 0.457 e. The second kappa shape index (κ2) is 13.0. The van der Waals surface area contributed by atoms with Gasteiger partial charge in [0.15, 0.2) is 17.5 Å². The molecule has 56 heavy (non-hydrogen) atoms. The highest BCUT2D eigenvalue weighted by Crippen LogP contribution is 2.63. The summed E-state index contributed by atoms with van der Waals surface area (Å²) in [7, 11) is 0. The Morgan fingerprint density at radius 3 is 1.73 bits per heavy atom. The maximum atomic E-state index is 6.59. The van der Waals surface area contributed by atoms with E-state index in [0.717, 1.165) is 62.4 Å². The Morgan fingerprint density at radius 2 is 1.02 bits per heavy atom. The van der Waals surface area contributed by atoms with Gasteiger partial charge in [-0.3, -0.25) is 0 Å². The zero-order chi connectivity index (χ0) is 37.1. The van der Waals surface area contributed by atoms with Gasteiger partial charge in [0.25, 0.3) is 0 Å². The average Bonchev–Trinajstić information content (AvgIpc) is 3.58. The number of rotatable bonds is 5. The number of para-hydroxylation sites is 2. The van der Waals surface area contributed by atoms with Crippen LogP contribution in [0.5, 0.6) is 11.5 Å². The molecule has 0 radical (unpaired) electrons. The van der Waals surface area contributed by atoms with E-state index in [1.165, 1.54) is 22.3 Å².